The largest absolute Gasteiger partial charge is 0.573 e. The number of hydrogen-bond donors (Lipinski definition) is 1. The molecule has 0 amide bonds. The Kier molecular flexibility index (Phi) is 3.94. The van der Waals surface area contributed by atoms with Gasteiger partial charge in [-0.1, -0.05) is 6.07 Å². The van der Waals surface area contributed by atoms with Gasteiger partial charge in [-0.25, -0.2) is 0 Å². The molecule has 0 bridgehead atoms. The Morgan fingerprint density at radius 2 is 1.55 bits per heavy atom. The fourth-order valence-electron chi connectivity index (χ4n) is 2.37. The van der Waals surface area contributed by atoms with Gasteiger partial charge in [0.2, 0.25) is 0 Å². The molecule has 6 heteroatoms. The van der Waals surface area contributed by atoms with Crippen LogP contribution in [0.5, 0.6) is 17.2 Å². The summed E-state index contributed by atoms with van der Waals surface area (Å²) in [6.07, 6.45) is -3.70. The van der Waals surface area contributed by atoms with Gasteiger partial charge < -0.3 is 14.8 Å². The van der Waals surface area contributed by atoms with Crippen molar-refractivity contribution < 1.29 is 22.6 Å². The summed E-state index contributed by atoms with van der Waals surface area (Å²) >= 11 is 0. The molecule has 0 saturated heterocycles. The predicted molar refractivity (Wildman–Crippen MR) is 75.1 cm³/mol. The van der Waals surface area contributed by atoms with E-state index in [0.717, 1.165) is 19.5 Å². The molecule has 116 valence electrons. The van der Waals surface area contributed by atoms with Crippen LogP contribution in [0.15, 0.2) is 42.5 Å². The van der Waals surface area contributed by atoms with E-state index in [2.05, 4.69) is 10.1 Å². The third-order valence-corrected chi connectivity index (χ3v) is 3.36. The van der Waals surface area contributed by atoms with Gasteiger partial charge in [0, 0.05) is 6.54 Å². The van der Waals surface area contributed by atoms with Crippen molar-refractivity contribution in [1.82, 2.24) is 5.32 Å². The smallest absolute Gasteiger partial charge is 0.457 e. The number of fused-ring (bicyclic) bond motifs is 1. The van der Waals surface area contributed by atoms with Gasteiger partial charge in [0.25, 0.3) is 0 Å². The van der Waals surface area contributed by atoms with Gasteiger partial charge >= 0.3 is 6.36 Å². The normalized spacial score (nSPS) is 14.3. The van der Waals surface area contributed by atoms with Gasteiger partial charge in [0.05, 0.1) is 0 Å². The lowest BCUT2D eigenvalue weighted by Crippen LogP contribution is -2.23. The molecule has 0 aliphatic carbocycles. The maximum atomic E-state index is 12.1. The zero-order valence-electron chi connectivity index (χ0n) is 11.6. The van der Waals surface area contributed by atoms with Crippen molar-refractivity contribution in [3.05, 3.63) is 53.6 Å². The van der Waals surface area contributed by atoms with Gasteiger partial charge in [-0.2, -0.15) is 0 Å². The standard InChI is InChI=1S/C16H14F3NO2/c17-16(18,19)22-14-5-3-13(4-6-14)21-15-2-1-11-7-8-20-10-12(11)9-15/h1-6,9,20H,7-8,10H2. The van der Waals surface area contributed by atoms with E-state index < -0.39 is 6.36 Å². The molecular formula is C16H14F3NO2. The Morgan fingerprint density at radius 1 is 0.864 bits per heavy atom. The minimum Gasteiger partial charge on any atom is -0.457 e. The van der Waals surface area contributed by atoms with Crippen LogP contribution >= 0.6 is 0 Å². The molecule has 3 nitrogen and oxygen atoms in total. The monoisotopic (exact) mass is 309 g/mol. The first-order valence-corrected chi connectivity index (χ1v) is 6.86. The molecule has 0 saturated carbocycles. The SMILES string of the molecule is FC(F)(F)Oc1ccc(Oc2ccc3c(c2)CNCC3)cc1. The number of rotatable bonds is 3. The van der Waals surface area contributed by atoms with Crippen molar-refractivity contribution in [3.63, 3.8) is 0 Å². The summed E-state index contributed by atoms with van der Waals surface area (Å²) in [6.45, 7) is 1.76. The van der Waals surface area contributed by atoms with Crippen molar-refractivity contribution in [2.24, 2.45) is 0 Å². The van der Waals surface area contributed by atoms with Gasteiger partial charge in [-0.05, 0) is 60.5 Å². The van der Waals surface area contributed by atoms with Crippen LogP contribution in [0.3, 0.4) is 0 Å². The zero-order chi connectivity index (χ0) is 15.6. The Hall–Kier alpha value is -2.21. The first kappa shape index (κ1) is 14.7. The summed E-state index contributed by atoms with van der Waals surface area (Å²) in [5.41, 5.74) is 2.47. The molecule has 0 fully saturated rings. The van der Waals surface area contributed by atoms with E-state index in [4.69, 9.17) is 4.74 Å². The summed E-state index contributed by atoms with van der Waals surface area (Å²) in [6, 6.07) is 11.2. The highest BCUT2D eigenvalue weighted by Gasteiger charge is 2.30. The molecule has 0 aromatic heterocycles. The van der Waals surface area contributed by atoms with E-state index in [0.29, 0.717) is 11.5 Å². The highest BCUT2D eigenvalue weighted by molar-refractivity contribution is 5.40. The van der Waals surface area contributed by atoms with E-state index in [1.165, 1.54) is 35.4 Å². The first-order chi connectivity index (χ1) is 10.5. The average Bonchev–Trinajstić information content (AvgIpc) is 2.48. The number of benzene rings is 2. The Labute approximate surface area is 125 Å². The number of hydrogen-bond acceptors (Lipinski definition) is 3. The molecule has 0 unspecified atom stereocenters. The Balaban J connectivity index is 1.70. The predicted octanol–water partition coefficient (Wildman–Crippen LogP) is 4.02. The fourth-order valence-corrected chi connectivity index (χ4v) is 2.37. The summed E-state index contributed by atoms with van der Waals surface area (Å²) in [5, 5.41) is 3.28. The van der Waals surface area contributed by atoms with E-state index in [-0.39, 0.29) is 5.75 Å². The molecule has 0 atom stereocenters. The van der Waals surface area contributed by atoms with Crippen LogP contribution in [-0.2, 0) is 13.0 Å². The van der Waals surface area contributed by atoms with E-state index in [1.807, 2.05) is 18.2 Å². The van der Waals surface area contributed by atoms with Crippen LogP contribution < -0.4 is 14.8 Å². The molecule has 1 aliphatic heterocycles. The van der Waals surface area contributed by atoms with Gasteiger partial charge in [-0.3, -0.25) is 0 Å². The van der Waals surface area contributed by atoms with E-state index in [9.17, 15) is 13.2 Å². The topological polar surface area (TPSA) is 30.5 Å². The third-order valence-electron chi connectivity index (χ3n) is 3.36. The summed E-state index contributed by atoms with van der Waals surface area (Å²) in [4.78, 5) is 0. The second kappa shape index (κ2) is 5.88. The summed E-state index contributed by atoms with van der Waals surface area (Å²) in [7, 11) is 0. The minimum atomic E-state index is -4.69. The van der Waals surface area contributed by atoms with Gasteiger partial charge in [-0.15, -0.1) is 13.2 Å². The first-order valence-electron chi connectivity index (χ1n) is 6.86. The van der Waals surface area contributed by atoms with Crippen LogP contribution in [0, 0.1) is 0 Å². The number of ether oxygens (including phenoxy) is 2. The molecule has 1 aliphatic rings. The lowest BCUT2D eigenvalue weighted by Gasteiger charge is -2.18. The molecule has 1 N–H and O–H groups in total. The highest BCUT2D eigenvalue weighted by atomic mass is 19.4. The van der Waals surface area contributed by atoms with Crippen LogP contribution in [0.25, 0.3) is 0 Å². The van der Waals surface area contributed by atoms with Crippen LogP contribution in [-0.4, -0.2) is 12.9 Å². The summed E-state index contributed by atoms with van der Waals surface area (Å²) < 4.78 is 45.8. The van der Waals surface area contributed by atoms with E-state index >= 15 is 0 Å². The van der Waals surface area contributed by atoms with Crippen LogP contribution in [0.2, 0.25) is 0 Å². The molecule has 3 rings (SSSR count). The molecular weight excluding hydrogens is 295 g/mol. The molecule has 0 radical (unpaired) electrons. The minimum absolute atomic E-state index is 0.269. The van der Waals surface area contributed by atoms with Crippen LogP contribution in [0.4, 0.5) is 13.2 Å². The van der Waals surface area contributed by atoms with Crippen molar-refractivity contribution in [2.75, 3.05) is 6.54 Å². The number of halogens is 3. The van der Waals surface area contributed by atoms with Crippen LogP contribution in [0.1, 0.15) is 11.1 Å². The number of alkyl halides is 3. The number of nitrogens with one attached hydrogen (secondary N) is 1. The molecule has 22 heavy (non-hydrogen) atoms. The second-order valence-electron chi connectivity index (χ2n) is 4.98. The fraction of sp³-hybridized carbons (Fsp3) is 0.250. The third kappa shape index (κ3) is 3.71. The lowest BCUT2D eigenvalue weighted by atomic mass is 10.0. The molecule has 2 aromatic carbocycles. The average molecular weight is 309 g/mol. The summed E-state index contributed by atoms with van der Waals surface area (Å²) in [5.74, 6) is 0.847. The van der Waals surface area contributed by atoms with Crippen molar-refractivity contribution in [3.8, 4) is 17.2 Å². The van der Waals surface area contributed by atoms with Gasteiger partial charge in [0.15, 0.2) is 0 Å². The Bertz CT molecular complexity index is 653. The van der Waals surface area contributed by atoms with Crippen molar-refractivity contribution in [1.29, 1.82) is 0 Å². The quantitative estimate of drug-likeness (QED) is 0.929. The van der Waals surface area contributed by atoms with Crippen molar-refractivity contribution >= 4 is 0 Å². The van der Waals surface area contributed by atoms with Gasteiger partial charge in [0.1, 0.15) is 17.2 Å². The zero-order valence-corrected chi connectivity index (χ0v) is 11.6. The molecule has 0 spiro atoms. The van der Waals surface area contributed by atoms with E-state index in [1.54, 1.807) is 0 Å². The molecule has 1 heterocycles. The lowest BCUT2D eigenvalue weighted by molar-refractivity contribution is -0.274. The van der Waals surface area contributed by atoms with Crippen molar-refractivity contribution in [2.45, 2.75) is 19.3 Å². The Morgan fingerprint density at radius 3 is 2.27 bits per heavy atom. The highest BCUT2D eigenvalue weighted by Crippen LogP contribution is 2.28. The maximum absolute atomic E-state index is 12.1. The molecule has 2 aromatic rings. The second-order valence-corrected chi connectivity index (χ2v) is 4.98. The maximum Gasteiger partial charge on any atom is 0.573 e.